The average Bonchev–Trinajstić information content (AvgIpc) is 2.26. The summed E-state index contributed by atoms with van der Waals surface area (Å²) in [6.45, 7) is -0.368. The Morgan fingerprint density at radius 2 is 2.40 bits per heavy atom. The van der Waals surface area contributed by atoms with E-state index in [1.54, 1.807) is 24.3 Å². The third-order valence-corrected chi connectivity index (χ3v) is 1.58. The number of hydrogen-bond acceptors (Lipinski definition) is 3. The molecule has 0 aliphatic carbocycles. The summed E-state index contributed by atoms with van der Waals surface area (Å²) >= 11 is 0. The fraction of sp³-hybridized carbons (Fsp3) is 0.182. The lowest BCUT2D eigenvalue weighted by atomic mass is 10.3. The van der Waals surface area contributed by atoms with Crippen molar-refractivity contribution in [3.05, 3.63) is 24.3 Å². The van der Waals surface area contributed by atoms with Crippen LogP contribution in [0.4, 0.5) is 5.69 Å². The van der Waals surface area contributed by atoms with Crippen molar-refractivity contribution in [3.63, 3.8) is 0 Å². The zero-order chi connectivity index (χ0) is 11.1. The summed E-state index contributed by atoms with van der Waals surface area (Å²) in [5.74, 6) is 2.44. The Hall–Kier alpha value is -1.99. The maximum Gasteiger partial charge on any atom is 0.250 e. The van der Waals surface area contributed by atoms with E-state index in [1.165, 1.54) is 0 Å². The number of aliphatic hydroxyl groups is 1. The van der Waals surface area contributed by atoms with Crippen LogP contribution in [0.15, 0.2) is 24.3 Å². The molecule has 0 atom stereocenters. The van der Waals surface area contributed by atoms with Crippen LogP contribution in [0, 0.1) is 12.3 Å². The highest BCUT2D eigenvalue weighted by molar-refractivity contribution is 5.91. The third kappa shape index (κ3) is 3.71. The standard InChI is InChI=1S/C11H11NO3/c1-2-6-15-10-5-3-4-9(7-10)12-11(14)8-13/h1,3-5,7,13H,6,8H2,(H,12,14). The number of benzene rings is 1. The van der Waals surface area contributed by atoms with Gasteiger partial charge in [0, 0.05) is 11.8 Å². The van der Waals surface area contributed by atoms with Gasteiger partial charge in [0.25, 0.3) is 0 Å². The number of carbonyl (C=O) groups excluding carboxylic acids is 1. The summed E-state index contributed by atoms with van der Waals surface area (Å²) in [5.41, 5.74) is 0.559. The van der Waals surface area contributed by atoms with Gasteiger partial charge in [0.15, 0.2) is 0 Å². The van der Waals surface area contributed by atoms with Crippen LogP contribution < -0.4 is 10.1 Å². The molecule has 1 aromatic carbocycles. The molecule has 0 spiro atoms. The summed E-state index contributed by atoms with van der Waals surface area (Å²) in [7, 11) is 0. The van der Waals surface area contributed by atoms with Crippen LogP contribution >= 0.6 is 0 Å². The SMILES string of the molecule is C#CCOc1cccc(NC(=O)CO)c1. The Balaban J connectivity index is 2.66. The Labute approximate surface area is 87.9 Å². The Kier molecular flexibility index (Phi) is 4.20. The van der Waals surface area contributed by atoms with Crippen molar-refractivity contribution in [3.8, 4) is 18.1 Å². The zero-order valence-corrected chi connectivity index (χ0v) is 8.06. The molecule has 78 valence electrons. The molecule has 15 heavy (non-hydrogen) atoms. The molecule has 1 rings (SSSR count). The van der Waals surface area contributed by atoms with Gasteiger partial charge in [-0.05, 0) is 12.1 Å². The molecule has 2 N–H and O–H groups in total. The molecule has 0 fully saturated rings. The van der Waals surface area contributed by atoms with Crippen molar-refractivity contribution in [2.24, 2.45) is 0 Å². The quantitative estimate of drug-likeness (QED) is 0.709. The lowest BCUT2D eigenvalue weighted by molar-refractivity contribution is -0.118. The van der Waals surface area contributed by atoms with Crippen LogP contribution in [0.25, 0.3) is 0 Å². The first kappa shape index (κ1) is 11.1. The van der Waals surface area contributed by atoms with Gasteiger partial charge < -0.3 is 15.2 Å². The van der Waals surface area contributed by atoms with Crippen LogP contribution in [0.5, 0.6) is 5.75 Å². The summed E-state index contributed by atoms with van der Waals surface area (Å²) in [6, 6.07) is 6.77. The van der Waals surface area contributed by atoms with Crippen molar-refractivity contribution in [1.82, 2.24) is 0 Å². The third-order valence-electron chi connectivity index (χ3n) is 1.58. The predicted octanol–water partition coefficient (Wildman–Crippen LogP) is 0.629. The average molecular weight is 205 g/mol. The lowest BCUT2D eigenvalue weighted by Gasteiger charge is -2.06. The second-order valence-electron chi connectivity index (χ2n) is 2.73. The first-order valence-electron chi connectivity index (χ1n) is 4.33. The molecule has 0 aromatic heterocycles. The normalized spacial score (nSPS) is 9.07. The van der Waals surface area contributed by atoms with E-state index >= 15 is 0 Å². The smallest absolute Gasteiger partial charge is 0.250 e. The topological polar surface area (TPSA) is 58.6 Å². The molecule has 0 saturated carbocycles. The highest BCUT2D eigenvalue weighted by Crippen LogP contribution is 2.16. The number of amides is 1. The highest BCUT2D eigenvalue weighted by Gasteiger charge is 2.00. The second kappa shape index (κ2) is 5.68. The highest BCUT2D eigenvalue weighted by atomic mass is 16.5. The van der Waals surface area contributed by atoms with Crippen molar-refractivity contribution < 1.29 is 14.6 Å². The van der Waals surface area contributed by atoms with Gasteiger partial charge in [-0.15, -0.1) is 6.42 Å². The van der Waals surface area contributed by atoms with E-state index in [4.69, 9.17) is 16.3 Å². The van der Waals surface area contributed by atoms with E-state index in [0.29, 0.717) is 11.4 Å². The minimum atomic E-state index is -0.546. The number of rotatable bonds is 4. The molecular weight excluding hydrogens is 194 g/mol. The van der Waals surface area contributed by atoms with Crippen molar-refractivity contribution in [2.75, 3.05) is 18.5 Å². The number of hydrogen-bond donors (Lipinski definition) is 2. The molecule has 0 aliphatic heterocycles. The first-order valence-corrected chi connectivity index (χ1v) is 4.33. The number of anilines is 1. The van der Waals surface area contributed by atoms with Crippen molar-refractivity contribution in [1.29, 1.82) is 0 Å². The summed E-state index contributed by atoms with van der Waals surface area (Å²) in [4.78, 5) is 10.9. The molecule has 4 nitrogen and oxygen atoms in total. The molecule has 1 aromatic rings. The Morgan fingerprint density at radius 3 is 3.07 bits per heavy atom. The minimum Gasteiger partial charge on any atom is -0.481 e. The van der Waals surface area contributed by atoms with Gasteiger partial charge in [0.1, 0.15) is 19.0 Å². The van der Waals surface area contributed by atoms with E-state index in [9.17, 15) is 4.79 Å². The van der Waals surface area contributed by atoms with Crippen LogP contribution in [0.1, 0.15) is 0 Å². The van der Waals surface area contributed by atoms with Gasteiger partial charge in [-0.1, -0.05) is 12.0 Å². The van der Waals surface area contributed by atoms with Crippen LogP contribution in [0.2, 0.25) is 0 Å². The fourth-order valence-corrected chi connectivity index (χ4v) is 0.989. The molecule has 0 heterocycles. The first-order chi connectivity index (χ1) is 7.26. The number of ether oxygens (including phenoxy) is 1. The predicted molar refractivity (Wildman–Crippen MR) is 56.5 cm³/mol. The van der Waals surface area contributed by atoms with Gasteiger partial charge in [0.2, 0.25) is 5.91 Å². The summed E-state index contributed by atoms with van der Waals surface area (Å²) < 4.78 is 5.16. The monoisotopic (exact) mass is 205 g/mol. The minimum absolute atomic E-state index is 0.178. The molecule has 0 saturated heterocycles. The Bertz CT molecular complexity index is 382. The molecule has 0 unspecified atom stereocenters. The van der Waals surface area contributed by atoms with Gasteiger partial charge in [-0.2, -0.15) is 0 Å². The number of terminal acetylenes is 1. The van der Waals surface area contributed by atoms with Gasteiger partial charge >= 0.3 is 0 Å². The lowest BCUT2D eigenvalue weighted by Crippen LogP contribution is -2.15. The maximum atomic E-state index is 10.9. The molecule has 0 bridgehead atoms. The van der Waals surface area contributed by atoms with Crippen LogP contribution in [-0.2, 0) is 4.79 Å². The molecule has 4 heteroatoms. The van der Waals surface area contributed by atoms with E-state index in [1.807, 2.05) is 0 Å². The number of carbonyl (C=O) groups is 1. The van der Waals surface area contributed by atoms with Gasteiger partial charge in [0.05, 0.1) is 0 Å². The Morgan fingerprint density at radius 1 is 1.60 bits per heavy atom. The number of nitrogens with one attached hydrogen (secondary N) is 1. The summed E-state index contributed by atoms with van der Waals surface area (Å²) in [5, 5.41) is 11.0. The van der Waals surface area contributed by atoms with Gasteiger partial charge in [-0.3, -0.25) is 4.79 Å². The van der Waals surface area contributed by atoms with Crippen LogP contribution in [-0.4, -0.2) is 24.2 Å². The van der Waals surface area contributed by atoms with E-state index in [-0.39, 0.29) is 6.61 Å². The molecular formula is C11H11NO3. The summed E-state index contributed by atoms with van der Waals surface area (Å²) in [6.07, 6.45) is 5.04. The van der Waals surface area contributed by atoms with E-state index in [2.05, 4.69) is 11.2 Å². The molecule has 0 aliphatic rings. The number of aliphatic hydroxyl groups excluding tert-OH is 1. The maximum absolute atomic E-state index is 10.9. The zero-order valence-electron chi connectivity index (χ0n) is 8.06. The van der Waals surface area contributed by atoms with Crippen molar-refractivity contribution >= 4 is 11.6 Å². The van der Waals surface area contributed by atoms with Crippen LogP contribution in [0.3, 0.4) is 0 Å². The second-order valence-corrected chi connectivity index (χ2v) is 2.73. The largest absolute Gasteiger partial charge is 0.481 e. The van der Waals surface area contributed by atoms with E-state index < -0.39 is 12.5 Å². The fourth-order valence-electron chi connectivity index (χ4n) is 0.989. The molecule has 1 amide bonds. The van der Waals surface area contributed by atoms with Gasteiger partial charge in [-0.25, -0.2) is 0 Å². The van der Waals surface area contributed by atoms with Crippen molar-refractivity contribution in [2.45, 2.75) is 0 Å². The molecule has 0 radical (unpaired) electrons. The van der Waals surface area contributed by atoms with E-state index in [0.717, 1.165) is 0 Å².